The van der Waals surface area contributed by atoms with Gasteiger partial charge in [-0.3, -0.25) is 4.79 Å². The molecule has 0 amide bonds. The van der Waals surface area contributed by atoms with Gasteiger partial charge in [-0.2, -0.15) is 0 Å². The van der Waals surface area contributed by atoms with E-state index in [2.05, 4.69) is 115 Å². The quantitative estimate of drug-likeness (QED) is 0.113. The molecular formula is C43H66O6Si2. The van der Waals surface area contributed by atoms with Crippen LogP contribution in [0.2, 0.25) is 23.2 Å². The van der Waals surface area contributed by atoms with Gasteiger partial charge in [0.1, 0.15) is 6.29 Å². The van der Waals surface area contributed by atoms with E-state index in [0.717, 1.165) is 50.1 Å². The van der Waals surface area contributed by atoms with Crippen LogP contribution >= 0.6 is 0 Å². The molecule has 0 saturated carbocycles. The van der Waals surface area contributed by atoms with Crippen molar-refractivity contribution >= 4 is 39.1 Å². The Kier molecular flexibility index (Phi) is 14.8. The molecule has 6 atom stereocenters. The second kappa shape index (κ2) is 18.2. The molecule has 0 N–H and O–H groups in total. The maximum absolute atomic E-state index is 13.7. The molecule has 6 nitrogen and oxygen atoms in total. The Morgan fingerprint density at radius 2 is 1.43 bits per heavy atom. The third kappa shape index (κ3) is 10.1. The average molecular weight is 735 g/mol. The largest absolute Gasteiger partial charge is 0.413 e. The first-order valence-corrected chi connectivity index (χ1v) is 24.1. The van der Waals surface area contributed by atoms with Crippen LogP contribution in [-0.4, -0.2) is 59.4 Å². The number of benzene rings is 2. The first-order valence-electron chi connectivity index (χ1n) is 19.7. The van der Waals surface area contributed by atoms with Crippen LogP contribution in [-0.2, 0) is 27.9 Å². The fraction of sp³-hybridized carbons (Fsp3) is 0.628. The van der Waals surface area contributed by atoms with Gasteiger partial charge in [0.15, 0.2) is 19.9 Å². The highest BCUT2D eigenvalue weighted by atomic mass is 28.4. The highest BCUT2D eigenvalue weighted by molar-refractivity contribution is 6.99. The minimum atomic E-state index is -2.65. The highest BCUT2D eigenvalue weighted by Crippen LogP contribution is 2.41. The number of ether oxygens (including phenoxy) is 2. The van der Waals surface area contributed by atoms with E-state index in [9.17, 15) is 9.59 Å². The van der Waals surface area contributed by atoms with Crippen LogP contribution in [0.3, 0.4) is 0 Å². The Labute approximate surface area is 311 Å². The minimum absolute atomic E-state index is 0.00482. The van der Waals surface area contributed by atoms with Gasteiger partial charge >= 0.3 is 0 Å². The van der Waals surface area contributed by atoms with E-state index in [-0.39, 0.29) is 46.9 Å². The van der Waals surface area contributed by atoms with Crippen molar-refractivity contribution < 1.29 is 27.9 Å². The summed E-state index contributed by atoms with van der Waals surface area (Å²) in [5.74, 6) is -0.457. The molecule has 0 bridgehead atoms. The maximum atomic E-state index is 13.7. The first-order chi connectivity index (χ1) is 24.2. The van der Waals surface area contributed by atoms with Gasteiger partial charge in [-0.15, -0.1) is 0 Å². The summed E-state index contributed by atoms with van der Waals surface area (Å²) < 4.78 is 27.4. The van der Waals surface area contributed by atoms with Crippen molar-refractivity contribution in [2.24, 2.45) is 17.8 Å². The molecule has 1 saturated heterocycles. The zero-order valence-corrected chi connectivity index (χ0v) is 35.0. The SMILES string of the molecule is CC[Si](CC)(CC)O[C@@H](CCC=O)[C@H]1C(=O)C=C[C@H](C)[C@@H]1CC[C@@H]1C[C@H](CCO[Si](c2ccccc2)(c2ccccc2)C(C)(C)C)OC(C)(C)O1. The van der Waals surface area contributed by atoms with Crippen molar-refractivity contribution in [1.82, 2.24) is 0 Å². The lowest BCUT2D eigenvalue weighted by atomic mass is 9.70. The van der Waals surface area contributed by atoms with E-state index in [1.165, 1.54) is 10.4 Å². The topological polar surface area (TPSA) is 71.1 Å². The lowest BCUT2D eigenvalue weighted by Crippen LogP contribution is -2.66. The van der Waals surface area contributed by atoms with Gasteiger partial charge in [0, 0.05) is 19.4 Å². The third-order valence-corrected chi connectivity index (χ3v) is 21.5. The highest BCUT2D eigenvalue weighted by Gasteiger charge is 2.50. The van der Waals surface area contributed by atoms with Gasteiger partial charge in [0.2, 0.25) is 0 Å². The van der Waals surface area contributed by atoms with Gasteiger partial charge in [-0.05, 0) is 91.0 Å². The van der Waals surface area contributed by atoms with E-state index >= 15 is 0 Å². The molecule has 2 aromatic carbocycles. The van der Waals surface area contributed by atoms with Crippen molar-refractivity contribution in [3.05, 3.63) is 72.8 Å². The van der Waals surface area contributed by atoms with Crippen molar-refractivity contribution in [3.8, 4) is 0 Å². The van der Waals surface area contributed by atoms with Crippen LogP contribution in [0.4, 0.5) is 0 Å². The molecule has 0 aromatic heterocycles. The summed E-state index contributed by atoms with van der Waals surface area (Å²) in [6, 6.07) is 24.6. The fourth-order valence-electron chi connectivity index (χ4n) is 8.86. The summed E-state index contributed by atoms with van der Waals surface area (Å²) in [7, 11) is -4.65. The second-order valence-corrected chi connectivity index (χ2v) is 25.5. The van der Waals surface area contributed by atoms with Crippen LogP contribution < -0.4 is 10.4 Å². The van der Waals surface area contributed by atoms with Gasteiger partial charge in [0.25, 0.3) is 8.32 Å². The van der Waals surface area contributed by atoms with Crippen molar-refractivity contribution in [2.45, 2.75) is 148 Å². The average Bonchev–Trinajstić information content (AvgIpc) is 3.10. The summed E-state index contributed by atoms with van der Waals surface area (Å²) in [5, 5.41) is 2.47. The molecule has 282 valence electrons. The standard InChI is InChI=1S/C43H66O6Si2/c1-10-50(11-2,12-3)49-40(24-19-30-44)41-38(33(4)25-28-39(41)45)27-26-34-32-35(48-43(8,9)47-34)29-31-46-51(42(5,6)7,36-20-15-13-16-21-36)37-22-17-14-18-23-37/h13-18,20-23,25,28,30,33-35,38,40-41H,10-12,19,24,26-27,29,31-32H2,1-9H3/t33-,34+,35-,38-,40-,41+/m0/s1. The van der Waals surface area contributed by atoms with Crippen molar-refractivity contribution in [2.75, 3.05) is 6.61 Å². The number of allylic oxidation sites excluding steroid dienone is 2. The van der Waals surface area contributed by atoms with Gasteiger partial charge in [-0.25, -0.2) is 0 Å². The number of aldehydes is 1. The predicted octanol–water partition coefficient (Wildman–Crippen LogP) is 9.02. The Morgan fingerprint density at radius 1 is 0.882 bits per heavy atom. The number of rotatable bonds is 18. The van der Waals surface area contributed by atoms with Crippen LogP contribution in [0.15, 0.2) is 72.8 Å². The molecule has 1 aliphatic carbocycles. The molecule has 2 aliphatic rings. The molecule has 0 radical (unpaired) electrons. The summed E-state index contributed by atoms with van der Waals surface area (Å²) in [5.41, 5.74) is 0. The zero-order valence-electron chi connectivity index (χ0n) is 33.0. The molecule has 1 heterocycles. The maximum Gasteiger partial charge on any atom is 0.261 e. The molecule has 0 spiro atoms. The van der Waals surface area contributed by atoms with E-state index < -0.39 is 22.4 Å². The number of carbonyl (C=O) groups is 2. The minimum Gasteiger partial charge on any atom is -0.413 e. The van der Waals surface area contributed by atoms with Crippen molar-refractivity contribution in [3.63, 3.8) is 0 Å². The van der Waals surface area contributed by atoms with Crippen LogP contribution in [0, 0.1) is 17.8 Å². The number of ketones is 1. The molecule has 1 aliphatic heterocycles. The Balaban J connectivity index is 1.50. The Hall–Kier alpha value is -2.21. The lowest BCUT2D eigenvalue weighted by Gasteiger charge is -2.45. The smallest absolute Gasteiger partial charge is 0.261 e. The lowest BCUT2D eigenvalue weighted by molar-refractivity contribution is -0.302. The normalized spacial score (nSPS) is 24.7. The zero-order chi connectivity index (χ0) is 37.3. The summed E-state index contributed by atoms with van der Waals surface area (Å²) in [6.07, 6.45) is 8.84. The van der Waals surface area contributed by atoms with Crippen LogP contribution in [0.1, 0.15) is 101 Å². The molecule has 2 aromatic rings. The van der Waals surface area contributed by atoms with Crippen LogP contribution in [0.25, 0.3) is 0 Å². The van der Waals surface area contributed by atoms with E-state index in [0.29, 0.717) is 19.4 Å². The summed E-state index contributed by atoms with van der Waals surface area (Å²) in [6.45, 7) is 20.4. The third-order valence-electron chi connectivity index (χ3n) is 11.8. The van der Waals surface area contributed by atoms with Crippen molar-refractivity contribution in [1.29, 1.82) is 0 Å². The van der Waals surface area contributed by atoms with E-state index in [1.807, 2.05) is 13.8 Å². The van der Waals surface area contributed by atoms with Gasteiger partial charge in [0.05, 0.1) is 24.2 Å². The van der Waals surface area contributed by atoms with E-state index in [4.69, 9.17) is 18.3 Å². The predicted molar refractivity (Wildman–Crippen MR) is 214 cm³/mol. The molecule has 4 rings (SSSR count). The molecule has 0 unspecified atom stereocenters. The van der Waals surface area contributed by atoms with E-state index in [1.54, 1.807) is 6.08 Å². The molecule has 8 heteroatoms. The first kappa shape index (κ1) is 41.5. The van der Waals surface area contributed by atoms with Crippen LogP contribution in [0.5, 0.6) is 0 Å². The van der Waals surface area contributed by atoms with Gasteiger partial charge < -0.3 is 23.1 Å². The Morgan fingerprint density at radius 3 is 1.94 bits per heavy atom. The summed E-state index contributed by atoms with van der Waals surface area (Å²) >= 11 is 0. The number of hydrogen-bond donors (Lipinski definition) is 0. The molecular weight excluding hydrogens is 669 g/mol. The fourth-order valence-corrected chi connectivity index (χ4v) is 16.3. The number of hydrogen-bond acceptors (Lipinski definition) is 6. The number of carbonyl (C=O) groups excluding carboxylic acids is 2. The van der Waals surface area contributed by atoms with Gasteiger partial charge in [-0.1, -0.05) is 115 Å². The molecule has 1 fully saturated rings. The Bertz CT molecular complexity index is 1350. The molecule has 51 heavy (non-hydrogen) atoms. The summed E-state index contributed by atoms with van der Waals surface area (Å²) in [4.78, 5) is 25.2. The second-order valence-electron chi connectivity index (χ2n) is 16.4. The monoisotopic (exact) mass is 734 g/mol.